The quantitative estimate of drug-likeness (QED) is 0.585. The molecule has 5 nitrogen and oxygen atoms in total. The molecule has 3 rings (SSSR count). The van der Waals surface area contributed by atoms with Gasteiger partial charge in [0.15, 0.2) is 5.57 Å². The highest BCUT2D eigenvalue weighted by Gasteiger charge is 2.16. The molecule has 0 unspecified atom stereocenters. The van der Waals surface area contributed by atoms with Gasteiger partial charge in [-0.3, -0.25) is 14.2 Å². The van der Waals surface area contributed by atoms with Gasteiger partial charge >= 0.3 is 0 Å². The van der Waals surface area contributed by atoms with E-state index < -0.39 is 5.91 Å². The first-order valence-corrected chi connectivity index (χ1v) is 11.2. The number of carbonyl (C=O) groups excluding carboxylic acids is 1. The average Bonchev–Trinajstić information content (AvgIpc) is 3.10. The zero-order chi connectivity index (χ0) is 22.2. The summed E-state index contributed by atoms with van der Waals surface area (Å²) in [5.74, 6) is -0.456. The summed E-state index contributed by atoms with van der Waals surface area (Å²) in [6, 6.07) is 19.2. The Morgan fingerprint density at radius 2 is 1.84 bits per heavy atom. The molecule has 1 amide bonds. The fourth-order valence-corrected chi connectivity index (χ4v) is 4.23. The van der Waals surface area contributed by atoms with Crippen LogP contribution in [0.1, 0.15) is 37.8 Å². The van der Waals surface area contributed by atoms with E-state index in [1.165, 1.54) is 4.57 Å². The van der Waals surface area contributed by atoms with Gasteiger partial charge in [0, 0.05) is 6.54 Å². The molecule has 2 aromatic carbocycles. The summed E-state index contributed by atoms with van der Waals surface area (Å²) >= 11 is 1.16. The molecule has 31 heavy (non-hydrogen) atoms. The Kier molecular flexibility index (Phi) is 7.58. The van der Waals surface area contributed by atoms with Crippen molar-refractivity contribution in [2.24, 2.45) is 0 Å². The van der Waals surface area contributed by atoms with Crippen molar-refractivity contribution in [2.45, 2.75) is 33.1 Å². The van der Waals surface area contributed by atoms with Crippen LogP contribution in [0.2, 0.25) is 0 Å². The lowest BCUT2D eigenvalue weighted by Crippen LogP contribution is -2.34. The predicted octanol–water partition coefficient (Wildman–Crippen LogP) is 2.88. The fraction of sp³-hybridized carbons (Fsp3) is 0.240. The zero-order valence-corrected chi connectivity index (χ0v) is 18.5. The fourth-order valence-electron chi connectivity index (χ4n) is 3.13. The monoisotopic (exact) mass is 431 g/mol. The van der Waals surface area contributed by atoms with Crippen molar-refractivity contribution < 1.29 is 4.79 Å². The minimum Gasteiger partial charge on any atom is -0.351 e. The van der Waals surface area contributed by atoms with Crippen LogP contribution >= 0.6 is 11.3 Å². The van der Waals surface area contributed by atoms with Gasteiger partial charge in [-0.25, -0.2) is 0 Å². The number of carbonyl (C=O) groups is 1. The number of hydrogen-bond donors (Lipinski definition) is 1. The molecular weight excluding hydrogens is 406 g/mol. The van der Waals surface area contributed by atoms with Crippen molar-refractivity contribution in [1.29, 1.82) is 5.26 Å². The van der Waals surface area contributed by atoms with Gasteiger partial charge in [0.2, 0.25) is 0 Å². The number of rotatable bonds is 7. The van der Waals surface area contributed by atoms with Gasteiger partial charge < -0.3 is 5.32 Å². The molecule has 0 aliphatic rings. The topological polar surface area (TPSA) is 74.9 Å². The second kappa shape index (κ2) is 10.6. The average molecular weight is 432 g/mol. The van der Waals surface area contributed by atoms with Gasteiger partial charge in [-0.2, -0.15) is 5.26 Å². The summed E-state index contributed by atoms with van der Waals surface area (Å²) in [5.41, 5.74) is 2.36. The van der Waals surface area contributed by atoms with E-state index in [-0.39, 0.29) is 11.1 Å². The SMILES string of the molecule is CCCCNC(=O)/C(C#N)=c1\s/c(=C\c2ccccc2)c(=O)n1-c1ccc(CC)cc1. The first-order valence-electron chi connectivity index (χ1n) is 10.4. The van der Waals surface area contributed by atoms with Gasteiger partial charge in [-0.1, -0.05) is 62.7 Å². The summed E-state index contributed by atoms with van der Waals surface area (Å²) in [6.07, 6.45) is 4.44. The normalized spacial score (nSPS) is 12.4. The van der Waals surface area contributed by atoms with Crippen LogP contribution in [0.3, 0.4) is 0 Å². The van der Waals surface area contributed by atoms with Crippen LogP contribution in [0.15, 0.2) is 59.4 Å². The molecule has 0 radical (unpaired) electrons. The molecule has 0 atom stereocenters. The Hall–Kier alpha value is -3.43. The van der Waals surface area contributed by atoms with Gasteiger partial charge in [0.05, 0.1) is 10.2 Å². The number of nitriles is 1. The van der Waals surface area contributed by atoms with Crippen molar-refractivity contribution in [1.82, 2.24) is 9.88 Å². The van der Waals surface area contributed by atoms with Gasteiger partial charge in [-0.05, 0) is 42.2 Å². The lowest BCUT2D eigenvalue weighted by Gasteiger charge is -2.06. The van der Waals surface area contributed by atoms with E-state index in [1.807, 2.05) is 67.6 Å². The summed E-state index contributed by atoms with van der Waals surface area (Å²) in [7, 11) is 0. The first-order chi connectivity index (χ1) is 15.1. The lowest BCUT2D eigenvalue weighted by atomic mass is 10.1. The molecule has 1 heterocycles. The van der Waals surface area contributed by atoms with E-state index in [0.717, 1.165) is 41.7 Å². The number of nitrogens with one attached hydrogen (secondary N) is 1. The Labute approximate surface area is 185 Å². The van der Waals surface area contributed by atoms with Crippen molar-refractivity contribution >= 4 is 28.9 Å². The third kappa shape index (κ3) is 5.19. The largest absolute Gasteiger partial charge is 0.351 e. The van der Waals surface area contributed by atoms with Crippen LogP contribution in [-0.4, -0.2) is 17.0 Å². The Morgan fingerprint density at radius 3 is 2.45 bits per heavy atom. The number of amides is 1. The molecule has 1 N–H and O–H groups in total. The summed E-state index contributed by atoms with van der Waals surface area (Å²) in [6.45, 7) is 4.58. The number of aromatic nitrogens is 1. The number of benzene rings is 2. The molecule has 0 saturated heterocycles. The molecule has 1 aromatic heterocycles. The number of aryl methyl sites for hydroxylation is 1. The molecule has 158 valence electrons. The Morgan fingerprint density at radius 1 is 1.13 bits per heavy atom. The van der Waals surface area contributed by atoms with Crippen LogP contribution in [0.4, 0.5) is 0 Å². The van der Waals surface area contributed by atoms with E-state index in [9.17, 15) is 14.9 Å². The van der Waals surface area contributed by atoms with E-state index in [4.69, 9.17) is 0 Å². The van der Waals surface area contributed by atoms with Crippen LogP contribution < -0.4 is 20.1 Å². The van der Waals surface area contributed by atoms with Gasteiger partial charge in [-0.15, -0.1) is 11.3 Å². The molecule has 0 bridgehead atoms. The molecule has 0 aliphatic heterocycles. The number of nitrogens with zero attached hydrogens (tertiary/aromatic N) is 2. The third-order valence-corrected chi connectivity index (χ3v) is 5.98. The molecule has 3 aromatic rings. The van der Waals surface area contributed by atoms with Crippen molar-refractivity contribution in [3.8, 4) is 11.8 Å². The second-order valence-electron chi connectivity index (χ2n) is 7.08. The molecular formula is C25H25N3O2S. The van der Waals surface area contributed by atoms with E-state index >= 15 is 0 Å². The van der Waals surface area contributed by atoms with E-state index in [0.29, 0.717) is 21.4 Å². The third-order valence-electron chi connectivity index (χ3n) is 4.89. The highest BCUT2D eigenvalue weighted by atomic mass is 32.1. The number of thiazole rings is 1. The lowest BCUT2D eigenvalue weighted by molar-refractivity contribution is -0.115. The van der Waals surface area contributed by atoms with Crippen molar-refractivity contribution in [2.75, 3.05) is 6.54 Å². The van der Waals surface area contributed by atoms with Gasteiger partial charge in [0.1, 0.15) is 10.7 Å². The van der Waals surface area contributed by atoms with Crippen molar-refractivity contribution in [3.63, 3.8) is 0 Å². The molecule has 0 aliphatic carbocycles. The van der Waals surface area contributed by atoms with Crippen molar-refractivity contribution in [3.05, 3.63) is 85.3 Å². The van der Waals surface area contributed by atoms with Crippen LogP contribution in [0.25, 0.3) is 17.3 Å². The zero-order valence-electron chi connectivity index (χ0n) is 17.7. The highest BCUT2D eigenvalue weighted by Crippen LogP contribution is 2.08. The number of unbranched alkanes of at least 4 members (excludes halogenated alkanes) is 1. The first kappa shape index (κ1) is 22.3. The molecule has 0 saturated carbocycles. The second-order valence-corrected chi connectivity index (χ2v) is 8.11. The maximum atomic E-state index is 13.3. The van der Waals surface area contributed by atoms with Crippen LogP contribution in [-0.2, 0) is 11.2 Å². The number of hydrogen-bond acceptors (Lipinski definition) is 4. The molecule has 0 spiro atoms. The summed E-state index contributed by atoms with van der Waals surface area (Å²) < 4.78 is 2.28. The summed E-state index contributed by atoms with van der Waals surface area (Å²) in [5, 5.41) is 12.6. The predicted molar refractivity (Wildman–Crippen MR) is 125 cm³/mol. The Bertz CT molecular complexity index is 1260. The summed E-state index contributed by atoms with van der Waals surface area (Å²) in [4.78, 5) is 26.1. The smallest absolute Gasteiger partial charge is 0.273 e. The van der Waals surface area contributed by atoms with E-state index in [1.54, 1.807) is 6.08 Å². The Balaban J connectivity index is 2.26. The van der Waals surface area contributed by atoms with Crippen LogP contribution in [0.5, 0.6) is 0 Å². The minimum atomic E-state index is -0.456. The van der Waals surface area contributed by atoms with E-state index in [2.05, 4.69) is 12.2 Å². The molecule has 0 fully saturated rings. The highest BCUT2D eigenvalue weighted by molar-refractivity contribution is 7.07. The maximum absolute atomic E-state index is 13.3. The van der Waals surface area contributed by atoms with Crippen LogP contribution in [0, 0.1) is 11.3 Å². The van der Waals surface area contributed by atoms with Gasteiger partial charge in [0.25, 0.3) is 11.5 Å². The maximum Gasteiger partial charge on any atom is 0.273 e. The minimum absolute atomic E-state index is 0.0505. The standard InChI is InChI=1S/C25H25N3O2S/c1-3-5-15-27-23(29)21(17-26)25-28(20-13-11-18(4-2)12-14-20)24(30)22(31-25)16-19-9-7-6-8-10-19/h6-14,16H,3-5,15H2,1-2H3,(H,27,29)/b22-16-,25-21-. The molecule has 6 heteroatoms.